The van der Waals surface area contributed by atoms with Gasteiger partial charge in [0.25, 0.3) is 0 Å². The Morgan fingerprint density at radius 2 is 1.71 bits per heavy atom. The molecule has 0 radical (unpaired) electrons. The van der Waals surface area contributed by atoms with E-state index in [2.05, 4.69) is 11.8 Å². The summed E-state index contributed by atoms with van der Waals surface area (Å²) in [6.07, 6.45) is 11.6. The minimum absolute atomic E-state index is 0.0835. The highest BCUT2D eigenvalue weighted by molar-refractivity contribution is 4.99. The number of hydrogen-bond acceptors (Lipinski definition) is 2. The fourth-order valence-electron chi connectivity index (χ4n) is 4.16. The summed E-state index contributed by atoms with van der Waals surface area (Å²) in [5.74, 6) is 0.810. The molecular weight excluding hydrogens is 208 g/mol. The summed E-state index contributed by atoms with van der Waals surface area (Å²) in [5.41, 5.74) is 7.29. The number of likely N-dealkylation sites (tertiary alicyclic amines) is 1. The molecule has 0 aromatic carbocycles. The van der Waals surface area contributed by atoms with Crippen molar-refractivity contribution in [2.45, 2.75) is 63.8 Å². The molecule has 1 unspecified atom stereocenters. The minimum Gasteiger partial charge on any atom is -0.324 e. The summed E-state index contributed by atoms with van der Waals surface area (Å²) in [6.45, 7) is 6.01. The average molecular weight is 236 g/mol. The maximum Gasteiger partial charge on any atom is 0.0283 e. The van der Waals surface area contributed by atoms with Crippen LogP contribution in [0.1, 0.15) is 58.3 Å². The zero-order chi connectivity index (χ0) is 11.9. The van der Waals surface area contributed by atoms with E-state index in [4.69, 9.17) is 5.73 Å². The Balaban J connectivity index is 1.51. The third kappa shape index (κ3) is 2.53. The first kappa shape index (κ1) is 12.0. The van der Waals surface area contributed by atoms with E-state index in [1.807, 2.05) is 0 Å². The molecule has 0 aromatic heterocycles. The molecular formula is C15H28N2. The van der Waals surface area contributed by atoms with Crippen molar-refractivity contribution in [2.75, 3.05) is 19.6 Å². The smallest absolute Gasteiger partial charge is 0.0283 e. The Kier molecular flexibility index (Phi) is 2.99. The number of piperidine rings is 1. The molecule has 0 aromatic rings. The first-order valence-electron chi connectivity index (χ1n) is 7.61. The Bertz CT molecular complexity index is 265. The minimum atomic E-state index is 0.0835. The SMILES string of the molecule is CC(N)(CN1CCC2(CCCC2)CC1)C1CC1. The molecule has 2 nitrogen and oxygen atoms in total. The topological polar surface area (TPSA) is 29.3 Å². The van der Waals surface area contributed by atoms with E-state index in [1.165, 1.54) is 64.5 Å². The molecule has 98 valence electrons. The van der Waals surface area contributed by atoms with Crippen LogP contribution in [0.3, 0.4) is 0 Å². The highest BCUT2D eigenvalue weighted by atomic mass is 15.2. The quantitative estimate of drug-likeness (QED) is 0.816. The Morgan fingerprint density at radius 3 is 2.24 bits per heavy atom. The fourth-order valence-corrected chi connectivity index (χ4v) is 4.16. The zero-order valence-corrected chi connectivity index (χ0v) is 11.4. The monoisotopic (exact) mass is 236 g/mol. The van der Waals surface area contributed by atoms with E-state index in [-0.39, 0.29) is 5.54 Å². The molecule has 1 heterocycles. The van der Waals surface area contributed by atoms with Crippen molar-refractivity contribution in [1.82, 2.24) is 4.90 Å². The van der Waals surface area contributed by atoms with Gasteiger partial charge >= 0.3 is 0 Å². The molecule has 2 saturated carbocycles. The summed E-state index contributed by atoms with van der Waals surface area (Å²) < 4.78 is 0. The van der Waals surface area contributed by atoms with Crippen molar-refractivity contribution in [3.63, 3.8) is 0 Å². The van der Waals surface area contributed by atoms with Crippen LogP contribution in [-0.2, 0) is 0 Å². The summed E-state index contributed by atoms with van der Waals surface area (Å²) in [6, 6.07) is 0. The van der Waals surface area contributed by atoms with Crippen molar-refractivity contribution in [3.8, 4) is 0 Å². The van der Waals surface area contributed by atoms with Crippen LogP contribution in [0.2, 0.25) is 0 Å². The average Bonchev–Trinajstić information content (AvgIpc) is 3.06. The maximum atomic E-state index is 6.46. The lowest BCUT2D eigenvalue weighted by molar-refractivity contribution is 0.0884. The van der Waals surface area contributed by atoms with Gasteiger partial charge in [-0.25, -0.2) is 0 Å². The summed E-state index contributed by atoms with van der Waals surface area (Å²) in [5, 5.41) is 0. The lowest BCUT2D eigenvalue weighted by atomic mass is 9.77. The van der Waals surface area contributed by atoms with Crippen LogP contribution in [0.15, 0.2) is 0 Å². The van der Waals surface area contributed by atoms with Gasteiger partial charge in [-0.05, 0) is 69.9 Å². The van der Waals surface area contributed by atoms with Gasteiger partial charge in [0.15, 0.2) is 0 Å². The largest absolute Gasteiger partial charge is 0.324 e. The second-order valence-electron chi connectivity index (χ2n) is 7.26. The van der Waals surface area contributed by atoms with E-state index >= 15 is 0 Å². The summed E-state index contributed by atoms with van der Waals surface area (Å²) in [4.78, 5) is 2.64. The Labute approximate surface area is 106 Å². The van der Waals surface area contributed by atoms with E-state index in [0.29, 0.717) is 0 Å². The lowest BCUT2D eigenvalue weighted by Crippen LogP contribution is -2.52. The Hall–Kier alpha value is -0.0800. The molecule has 17 heavy (non-hydrogen) atoms. The van der Waals surface area contributed by atoms with E-state index in [0.717, 1.165) is 17.9 Å². The van der Waals surface area contributed by atoms with Crippen LogP contribution in [0.4, 0.5) is 0 Å². The van der Waals surface area contributed by atoms with Gasteiger partial charge in [0, 0.05) is 12.1 Å². The zero-order valence-electron chi connectivity index (χ0n) is 11.4. The standard InChI is InChI=1S/C15H28N2/c1-14(16,13-4-5-13)12-17-10-8-15(9-11-17)6-2-3-7-15/h13H,2-12,16H2,1H3. The van der Waals surface area contributed by atoms with Crippen LogP contribution in [0.5, 0.6) is 0 Å². The molecule has 1 spiro atoms. The van der Waals surface area contributed by atoms with Gasteiger partial charge in [-0.15, -0.1) is 0 Å². The van der Waals surface area contributed by atoms with E-state index in [1.54, 1.807) is 0 Å². The third-order valence-electron chi connectivity index (χ3n) is 5.66. The lowest BCUT2D eigenvalue weighted by Gasteiger charge is -2.42. The number of rotatable bonds is 3. The third-order valence-corrected chi connectivity index (χ3v) is 5.66. The fraction of sp³-hybridized carbons (Fsp3) is 1.00. The number of nitrogens with zero attached hydrogens (tertiary/aromatic N) is 1. The Morgan fingerprint density at radius 1 is 1.12 bits per heavy atom. The van der Waals surface area contributed by atoms with Gasteiger partial charge in [0.05, 0.1) is 0 Å². The molecule has 0 amide bonds. The van der Waals surface area contributed by atoms with E-state index < -0.39 is 0 Å². The normalized spacial score (nSPS) is 32.8. The molecule has 2 heteroatoms. The molecule has 3 aliphatic rings. The molecule has 3 rings (SSSR count). The molecule has 2 N–H and O–H groups in total. The van der Waals surface area contributed by atoms with Crippen LogP contribution in [-0.4, -0.2) is 30.1 Å². The van der Waals surface area contributed by atoms with Crippen molar-refractivity contribution in [2.24, 2.45) is 17.1 Å². The first-order chi connectivity index (χ1) is 8.10. The summed E-state index contributed by atoms with van der Waals surface area (Å²) in [7, 11) is 0. The second-order valence-corrected chi connectivity index (χ2v) is 7.26. The number of nitrogens with two attached hydrogens (primary N) is 1. The van der Waals surface area contributed by atoms with Gasteiger partial charge in [-0.3, -0.25) is 0 Å². The van der Waals surface area contributed by atoms with Gasteiger partial charge < -0.3 is 10.6 Å². The van der Waals surface area contributed by atoms with Gasteiger partial charge in [-0.2, -0.15) is 0 Å². The molecule has 3 fully saturated rings. The van der Waals surface area contributed by atoms with Gasteiger partial charge in [0.1, 0.15) is 0 Å². The molecule has 1 aliphatic heterocycles. The van der Waals surface area contributed by atoms with Crippen molar-refractivity contribution in [3.05, 3.63) is 0 Å². The second kappa shape index (κ2) is 4.24. The van der Waals surface area contributed by atoms with E-state index in [9.17, 15) is 0 Å². The van der Waals surface area contributed by atoms with Crippen LogP contribution < -0.4 is 5.73 Å². The first-order valence-corrected chi connectivity index (χ1v) is 7.61. The highest BCUT2D eigenvalue weighted by Crippen LogP contribution is 2.46. The van der Waals surface area contributed by atoms with Gasteiger partial charge in [-0.1, -0.05) is 12.8 Å². The van der Waals surface area contributed by atoms with Crippen molar-refractivity contribution < 1.29 is 0 Å². The predicted molar refractivity (Wildman–Crippen MR) is 71.9 cm³/mol. The molecule has 0 bridgehead atoms. The molecule has 1 saturated heterocycles. The van der Waals surface area contributed by atoms with Crippen molar-refractivity contribution in [1.29, 1.82) is 0 Å². The van der Waals surface area contributed by atoms with Crippen LogP contribution in [0, 0.1) is 11.3 Å². The number of hydrogen-bond donors (Lipinski definition) is 1. The maximum absolute atomic E-state index is 6.46. The van der Waals surface area contributed by atoms with Crippen molar-refractivity contribution >= 4 is 0 Å². The molecule has 1 atom stereocenters. The van der Waals surface area contributed by atoms with Crippen LogP contribution in [0.25, 0.3) is 0 Å². The van der Waals surface area contributed by atoms with Gasteiger partial charge in [0.2, 0.25) is 0 Å². The van der Waals surface area contributed by atoms with Crippen LogP contribution >= 0.6 is 0 Å². The molecule has 2 aliphatic carbocycles. The predicted octanol–water partition coefficient (Wildman–Crippen LogP) is 2.77. The highest BCUT2D eigenvalue weighted by Gasteiger charge is 2.42. The summed E-state index contributed by atoms with van der Waals surface area (Å²) >= 11 is 0.